The highest BCUT2D eigenvalue weighted by molar-refractivity contribution is 5.91. The zero-order valence-corrected chi connectivity index (χ0v) is 11.5. The van der Waals surface area contributed by atoms with Crippen LogP contribution in [0.4, 0.5) is 4.79 Å². The molecule has 2 aliphatic heterocycles. The first-order valence-corrected chi connectivity index (χ1v) is 6.94. The molecule has 2 aliphatic rings. The van der Waals surface area contributed by atoms with Crippen LogP contribution in [0.5, 0.6) is 0 Å². The number of rotatable bonds is 2. The van der Waals surface area contributed by atoms with Gasteiger partial charge < -0.3 is 15.3 Å². The van der Waals surface area contributed by atoms with Crippen LogP contribution in [0.2, 0.25) is 0 Å². The van der Waals surface area contributed by atoms with E-state index in [9.17, 15) is 14.7 Å². The zero-order valence-electron chi connectivity index (χ0n) is 11.5. The summed E-state index contributed by atoms with van der Waals surface area (Å²) < 4.78 is 0. The van der Waals surface area contributed by atoms with Gasteiger partial charge in [0.2, 0.25) is 0 Å². The molecule has 0 aromatic carbocycles. The normalized spacial score (nSPS) is 25.3. The Bertz CT molecular complexity index is 546. The number of aromatic nitrogens is 2. The standard InChI is InChI=1S/C13H17N5O3/c19-11(17-8-5-14-6-9-17)13(2-7-18(13)12(20)21)10-15-3-1-4-16-10/h1,3-4,14H,2,5-9H2,(H,20,21). The summed E-state index contributed by atoms with van der Waals surface area (Å²) in [5.74, 6) is 0.0473. The number of hydrogen-bond donors (Lipinski definition) is 2. The van der Waals surface area contributed by atoms with Crippen molar-refractivity contribution in [1.82, 2.24) is 25.1 Å². The molecule has 2 amide bonds. The molecule has 2 fully saturated rings. The average molecular weight is 291 g/mol. The van der Waals surface area contributed by atoms with Crippen molar-refractivity contribution in [2.24, 2.45) is 0 Å². The summed E-state index contributed by atoms with van der Waals surface area (Å²) in [4.78, 5) is 35.5. The highest BCUT2D eigenvalue weighted by Crippen LogP contribution is 2.40. The van der Waals surface area contributed by atoms with E-state index in [2.05, 4.69) is 15.3 Å². The van der Waals surface area contributed by atoms with Gasteiger partial charge in [-0.3, -0.25) is 9.69 Å². The molecule has 0 aliphatic carbocycles. The van der Waals surface area contributed by atoms with E-state index in [1.54, 1.807) is 11.0 Å². The number of likely N-dealkylation sites (tertiary alicyclic amines) is 1. The number of amides is 2. The van der Waals surface area contributed by atoms with Crippen LogP contribution in [0.15, 0.2) is 18.5 Å². The molecule has 2 N–H and O–H groups in total. The molecule has 0 bridgehead atoms. The minimum absolute atomic E-state index is 0.219. The van der Waals surface area contributed by atoms with Gasteiger partial charge in [0.25, 0.3) is 5.91 Å². The van der Waals surface area contributed by atoms with Crippen LogP contribution in [0, 0.1) is 0 Å². The molecule has 0 radical (unpaired) electrons. The first-order chi connectivity index (χ1) is 10.2. The Hall–Kier alpha value is -2.22. The van der Waals surface area contributed by atoms with E-state index < -0.39 is 11.6 Å². The van der Waals surface area contributed by atoms with Crippen molar-refractivity contribution >= 4 is 12.0 Å². The van der Waals surface area contributed by atoms with E-state index >= 15 is 0 Å². The zero-order chi connectivity index (χ0) is 14.9. The number of nitrogens with zero attached hydrogens (tertiary/aromatic N) is 4. The molecular weight excluding hydrogens is 274 g/mol. The van der Waals surface area contributed by atoms with Crippen LogP contribution in [0.3, 0.4) is 0 Å². The fraction of sp³-hybridized carbons (Fsp3) is 0.538. The van der Waals surface area contributed by atoms with Crippen LogP contribution in [-0.2, 0) is 10.3 Å². The Labute approximate surface area is 121 Å². The Morgan fingerprint density at radius 2 is 1.86 bits per heavy atom. The Balaban J connectivity index is 1.97. The highest BCUT2D eigenvalue weighted by atomic mass is 16.4. The molecule has 8 heteroatoms. The summed E-state index contributed by atoms with van der Waals surface area (Å²) in [7, 11) is 0. The summed E-state index contributed by atoms with van der Waals surface area (Å²) in [6.45, 7) is 2.89. The molecular formula is C13H17N5O3. The fourth-order valence-corrected chi connectivity index (χ4v) is 2.90. The second kappa shape index (κ2) is 5.28. The maximum Gasteiger partial charge on any atom is 0.408 e. The molecule has 21 heavy (non-hydrogen) atoms. The summed E-state index contributed by atoms with van der Waals surface area (Å²) in [5.41, 5.74) is -1.26. The lowest BCUT2D eigenvalue weighted by atomic mass is 9.82. The number of piperazine rings is 1. The fourth-order valence-electron chi connectivity index (χ4n) is 2.90. The predicted molar refractivity (Wildman–Crippen MR) is 72.5 cm³/mol. The third kappa shape index (κ3) is 2.11. The third-order valence-electron chi connectivity index (χ3n) is 4.08. The molecule has 0 spiro atoms. The van der Waals surface area contributed by atoms with Gasteiger partial charge in [-0.25, -0.2) is 14.8 Å². The van der Waals surface area contributed by atoms with Gasteiger partial charge in [0.05, 0.1) is 0 Å². The van der Waals surface area contributed by atoms with Crippen molar-refractivity contribution in [3.05, 3.63) is 24.3 Å². The number of nitrogens with one attached hydrogen (secondary N) is 1. The lowest BCUT2D eigenvalue weighted by Crippen LogP contribution is -2.68. The molecule has 1 unspecified atom stereocenters. The van der Waals surface area contributed by atoms with Gasteiger partial charge in [0.1, 0.15) is 0 Å². The van der Waals surface area contributed by atoms with E-state index in [1.807, 2.05) is 0 Å². The van der Waals surface area contributed by atoms with Crippen molar-refractivity contribution in [2.75, 3.05) is 32.7 Å². The minimum Gasteiger partial charge on any atom is -0.465 e. The molecule has 8 nitrogen and oxygen atoms in total. The van der Waals surface area contributed by atoms with Crippen molar-refractivity contribution in [1.29, 1.82) is 0 Å². The van der Waals surface area contributed by atoms with Crippen LogP contribution < -0.4 is 5.32 Å². The second-order valence-electron chi connectivity index (χ2n) is 5.16. The van der Waals surface area contributed by atoms with Crippen LogP contribution >= 0.6 is 0 Å². The smallest absolute Gasteiger partial charge is 0.408 e. The average Bonchev–Trinajstić information content (AvgIpc) is 2.48. The number of hydrogen-bond acceptors (Lipinski definition) is 5. The van der Waals surface area contributed by atoms with Gasteiger partial charge in [-0.15, -0.1) is 0 Å². The van der Waals surface area contributed by atoms with E-state index in [0.29, 0.717) is 39.1 Å². The van der Waals surface area contributed by atoms with Gasteiger partial charge in [0, 0.05) is 51.5 Å². The topological polar surface area (TPSA) is 98.7 Å². The van der Waals surface area contributed by atoms with Crippen molar-refractivity contribution in [3.8, 4) is 0 Å². The minimum atomic E-state index is -1.26. The molecule has 112 valence electrons. The van der Waals surface area contributed by atoms with Crippen LogP contribution in [0.1, 0.15) is 12.2 Å². The van der Waals surface area contributed by atoms with Crippen molar-refractivity contribution in [3.63, 3.8) is 0 Å². The van der Waals surface area contributed by atoms with Gasteiger partial charge in [-0.2, -0.15) is 0 Å². The van der Waals surface area contributed by atoms with E-state index in [4.69, 9.17) is 0 Å². The number of carboxylic acid groups (broad SMARTS) is 1. The van der Waals surface area contributed by atoms with E-state index in [0.717, 1.165) is 4.90 Å². The largest absolute Gasteiger partial charge is 0.465 e. The molecule has 0 saturated carbocycles. The summed E-state index contributed by atoms with van der Waals surface area (Å²) >= 11 is 0. The maximum absolute atomic E-state index is 12.9. The summed E-state index contributed by atoms with van der Waals surface area (Å²) in [6, 6.07) is 1.65. The number of carbonyl (C=O) groups is 2. The second-order valence-corrected chi connectivity index (χ2v) is 5.16. The molecule has 2 saturated heterocycles. The van der Waals surface area contributed by atoms with Gasteiger partial charge in [0.15, 0.2) is 11.4 Å². The quantitative estimate of drug-likeness (QED) is 0.761. The summed E-state index contributed by atoms with van der Waals surface area (Å²) in [6.07, 6.45) is 2.38. The first kappa shape index (κ1) is 13.7. The van der Waals surface area contributed by atoms with Gasteiger partial charge in [-0.05, 0) is 6.07 Å². The van der Waals surface area contributed by atoms with Gasteiger partial charge in [-0.1, -0.05) is 0 Å². The van der Waals surface area contributed by atoms with Crippen LogP contribution in [-0.4, -0.2) is 69.6 Å². The first-order valence-electron chi connectivity index (χ1n) is 6.94. The number of carbonyl (C=O) groups excluding carboxylic acids is 1. The van der Waals surface area contributed by atoms with Crippen LogP contribution in [0.25, 0.3) is 0 Å². The highest BCUT2D eigenvalue weighted by Gasteiger charge is 2.58. The lowest BCUT2D eigenvalue weighted by Gasteiger charge is -2.50. The van der Waals surface area contributed by atoms with Crippen molar-refractivity contribution in [2.45, 2.75) is 12.0 Å². The molecule has 3 rings (SSSR count). The lowest BCUT2D eigenvalue weighted by molar-refractivity contribution is -0.154. The summed E-state index contributed by atoms with van der Waals surface area (Å²) in [5, 5.41) is 12.5. The SMILES string of the molecule is O=C(O)N1CCC1(C(=O)N1CCNCC1)c1ncccn1. The van der Waals surface area contributed by atoms with E-state index in [1.165, 1.54) is 12.4 Å². The Morgan fingerprint density at radius 3 is 2.38 bits per heavy atom. The van der Waals surface area contributed by atoms with E-state index in [-0.39, 0.29) is 11.7 Å². The Kier molecular flexibility index (Phi) is 3.46. The monoisotopic (exact) mass is 291 g/mol. The van der Waals surface area contributed by atoms with Crippen molar-refractivity contribution < 1.29 is 14.7 Å². The third-order valence-corrected chi connectivity index (χ3v) is 4.08. The molecule has 1 atom stereocenters. The predicted octanol–water partition coefficient (Wildman–Crippen LogP) is -0.513. The maximum atomic E-state index is 12.9. The van der Waals surface area contributed by atoms with Gasteiger partial charge >= 0.3 is 6.09 Å². The molecule has 1 aromatic heterocycles. The molecule has 1 aromatic rings. The molecule has 3 heterocycles. The Morgan fingerprint density at radius 1 is 1.19 bits per heavy atom.